The zero-order valence-electron chi connectivity index (χ0n) is 10.8. The SMILES string of the molecule is COc1ccc(C(=O)Nc2ccccc2C#N)c(O)c1. The number of nitrogens with zero attached hydrogens (tertiary/aromatic N) is 1. The number of hydrogen-bond acceptors (Lipinski definition) is 4. The Hall–Kier alpha value is -3.00. The minimum Gasteiger partial charge on any atom is -0.507 e. The second-order valence-corrected chi connectivity index (χ2v) is 3.99. The molecule has 0 fully saturated rings. The van der Waals surface area contributed by atoms with E-state index in [0.717, 1.165) is 0 Å². The van der Waals surface area contributed by atoms with Crippen LogP contribution in [0.5, 0.6) is 11.5 Å². The number of ether oxygens (including phenoxy) is 1. The molecule has 2 N–H and O–H groups in total. The predicted octanol–water partition coefficient (Wildman–Crippen LogP) is 2.52. The molecule has 0 heterocycles. The van der Waals surface area contributed by atoms with Gasteiger partial charge in [0.25, 0.3) is 5.91 Å². The number of carbonyl (C=O) groups excluding carboxylic acids is 1. The van der Waals surface area contributed by atoms with E-state index in [1.807, 2.05) is 6.07 Å². The van der Waals surface area contributed by atoms with Crippen LogP contribution in [0, 0.1) is 11.3 Å². The van der Waals surface area contributed by atoms with Crippen molar-refractivity contribution in [3.05, 3.63) is 53.6 Å². The van der Waals surface area contributed by atoms with Gasteiger partial charge in [0.2, 0.25) is 0 Å². The summed E-state index contributed by atoms with van der Waals surface area (Å²) in [6.07, 6.45) is 0. The summed E-state index contributed by atoms with van der Waals surface area (Å²) < 4.78 is 4.95. The van der Waals surface area contributed by atoms with Gasteiger partial charge in [0.1, 0.15) is 17.6 Å². The lowest BCUT2D eigenvalue weighted by Crippen LogP contribution is -2.13. The highest BCUT2D eigenvalue weighted by Gasteiger charge is 2.13. The molecule has 0 spiro atoms. The van der Waals surface area contributed by atoms with E-state index >= 15 is 0 Å². The van der Waals surface area contributed by atoms with Crippen LogP contribution in [0.4, 0.5) is 5.69 Å². The third-order valence-corrected chi connectivity index (χ3v) is 2.75. The standard InChI is InChI=1S/C15H12N2O3/c1-20-11-6-7-12(14(18)8-11)15(19)17-13-5-3-2-4-10(13)9-16/h2-8,18H,1H3,(H,17,19). The quantitative estimate of drug-likeness (QED) is 0.896. The van der Waals surface area contributed by atoms with Crippen molar-refractivity contribution in [3.8, 4) is 17.6 Å². The third kappa shape index (κ3) is 2.70. The van der Waals surface area contributed by atoms with Crippen LogP contribution in [0.2, 0.25) is 0 Å². The van der Waals surface area contributed by atoms with Gasteiger partial charge >= 0.3 is 0 Å². The normalized spacial score (nSPS) is 9.60. The number of phenols is 1. The van der Waals surface area contributed by atoms with Crippen LogP contribution in [-0.2, 0) is 0 Å². The fraction of sp³-hybridized carbons (Fsp3) is 0.0667. The van der Waals surface area contributed by atoms with Crippen molar-refractivity contribution in [2.24, 2.45) is 0 Å². The first kappa shape index (κ1) is 13.4. The molecule has 0 aliphatic carbocycles. The van der Waals surface area contributed by atoms with E-state index in [-0.39, 0.29) is 11.3 Å². The van der Waals surface area contributed by atoms with Gasteiger partial charge in [-0.05, 0) is 24.3 Å². The first-order valence-corrected chi connectivity index (χ1v) is 5.83. The van der Waals surface area contributed by atoms with E-state index < -0.39 is 5.91 Å². The number of para-hydroxylation sites is 1. The Morgan fingerprint density at radius 1 is 1.30 bits per heavy atom. The number of benzene rings is 2. The summed E-state index contributed by atoms with van der Waals surface area (Å²) in [5.41, 5.74) is 0.864. The fourth-order valence-electron chi connectivity index (χ4n) is 1.71. The maximum atomic E-state index is 12.1. The van der Waals surface area contributed by atoms with Crippen LogP contribution in [0.1, 0.15) is 15.9 Å². The van der Waals surface area contributed by atoms with Gasteiger partial charge in [0.15, 0.2) is 0 Å². The van der Waals surface area contributed by atoms with Crippen molar-refractivity contribution >= 4 is 11.6 Å². The van der Waals surface area contributed by atoms with Gasteiger partial charge in [-0.25, -0.2) is 0 Å². The lowest BCUT2D eigenvalue weighted by atomic mass is 10.1. The molecule has 1 amide bonds. The third-order valence-electron chi connectivity index (χ3n) is 2.75. The second kappa shape index (κ2) is 5.76. The molecule has 0 aromatic heterocycles. The van der Waals surface area contributed by atoms with Crippen molar-refractivity contribution in [2.45, 2.75) is 0 Å². The Kier molecular flexibility index (Phi) is 3.87. The minimum atomic E-state index is -0.493. The molecule has 5 heteroatoms. The van der Waals surface area contributed by atoms with Gasteiger partial charge in [-0.1, -0.05) is 12.1 Å². The van der Waals surface area contributed by atoms with Crippen molar-refractivity contribution in [3.63, 3.8) is 0 Å². The highest BCUT2D eigenvalue weighted by Crippen LogP contribution is 2.24. The molecule has 0 unspecified atom stereocenters. The largest absolute Gasteiger partial charge is 0.507 e. The van der Waals surface area contributed by atoms with E-state index in [9.17, 15) is 9.90 Å². The van der Waals surface area contributed by atoms with Crippen LogP contribution in [-0.4, -0.2) is 18.1 Å². The molecule has 2 aromatic rings. The molecule has 5 nitrogen and oxygen atoms in total. The van der Waals surface area contributed by atoms with Gasteiger partial charge in [-0.15, -0.1) is 0 Å². The number of aromatic hydroxyl groups is 1. The van der Waals surface area contributed by atoms with Gasteiger partial charge in [0, 0.05) is 6.07 Å². The number of anilines is 1. The summed E-state index contributed by atoms with van der Waals surface area (Å²) in [6.45, 7) is 0. The maximum Gasteiger partial charge on any atom is 0.259 e. The molecular weight excluding hydrogens is 256 g/mol. The number of methoxy groups -OCH3 is 1. The summed E-state index contributed by atoms with van der Waals surface area (Å²) in [4.78, 5) is 12.1. The highest BCUT2D eigenvalue weighted by atomic mass is 16.5. The van der Waals surface area contributed by atoms with Gasteiger partial charge in [0.05, 0.1) is 23.9 Å². The van der Waals surface area contributed by atoms with Gasteiger partial charge < -0.3 is 15.2 Å². The van der Waals surface area contributed by atoms with Crippen LogP contribution >= 0.6 is 0 Å². The van der Waals surface area contributed by atoms with Crippen LogP contribution < -0.4 is 10.1 Å². The molecule has 2 aromatic carbocycles. The number of rotatable bonds is 3. The number of phenolic OH excluding ortho intramolecular Hbond substituents is 1. The second-order valence-electron chi connectivity index (χ2n) is 3.99. The molecule has 2 rings (SSSR count). The molecule has 0 aliphatic rings. The molecule has 0 bridgehead atoms. The Balaban J connectivity index is 2.27. The average Bonchev–Trinajstić information content (AvgIpc) is 2.47. The molecule has 0 atom stereocenters. The maximum absolute atomic E-state index is 12.1. The number of carbonyl (C=O) groups is 1. The first-order chi connectivity index (χ1) is 9.65. The van der Waals surface area contributed by atoms with Gasteiger partial charge in [-0.2, -0.15) is 5.26 Å². The summed E-state index contributed by atoms with van der Waals surface area (Å²) in [7, 11) is 1.47. The first-order valence-electron chi connectivity index (χ1n) is 5.83. The lowest BCUT2D eigenvalue weighted by Gasteiger charge is -2.09. The van der Waals surface area contributed by atoms with E-state index in [1.165, 1.54) is 19.2 Å². The number of nitriles is 1. The number of amides is 1. The van der Waals surface area contributed by atoms with Crippen LogP contribution in [0.25, 0.3) is 0 Å². The Labute approximate surface area is 116 Å². The number of hydrogen-bond donors (Lipinski definition) is 2. The molecule has 0 radical (unpaired) electrons. The summed E-state index contributed by atoms with van der Waals surface area (Å²) in [5, 5.41) is 21.3. The van der Waals surface area contributed by atoms with Gasteiger partial charge in [-0.3, -0.25) is 4.79 Å². The summed E-state index contributed by atoms with van der Waals surface area (Å²) >= 11 is 0. The van der Waals surface area contributed by atoms with Crippen molar-refractivity contribution in [1.82, 2.24) is 0 Å². The van der Waals surface area contributed by atoms with Crippen LogP contribution in [0.3, 0.4) is 0 Å². The highest BCUT2D eigenvalue weighted by molar-refractivity contribution is 6.06. The molecule has 0 saturated heterocycles. The molecule has 20 heavy (non-hydrogen) atoms. The van der Waals surface area contributed by atoms with E-state index in [0.29, 0.717) is 17.0 Å². The molecule has 100 valence electrons. The smallest absolute Gasteiger partial charge is 0.259 e. The minimum absolute atomic E-state index is 0.110. The summed E-state index contributed by atoms with van der Waals surface area (Å²) in [6, 6.07) is 13.0. The number of nitrogens with one attached hydrogen (secondary N) is 1. The van der Waals surface area contributed by atoms with E-state index in [4.69, 9.17) is 10.00 Å². The van der Waals surface area contributed by atoms with Crippen molar-refractivity contribution < 1.29 is 14.6 Å². The Bertz CT molecular complexity index is 690. The fourth-order valence-corrected chi connectivity index (χ4v) is 1.71. The zero-order valence-corrected chi connectivity index (χ0v) is 10.8. The molecule has 0 saturated carbocycles. The van der Waals surface area contributed by atoms with Crippen molar-refractivity contribution in [1.29, 1.82) is 5.26 Å². The zero-order chi connectivity index (χ0) is 14.5. The summed E-state index contributed by atoms with van der Waals surface area (Å²) in [5.74, 6) is -0.222. The van der Waals surface area contributed by atoms with Crippen LogP contribution in [0.15, 0.2) is 42.5 Å². The van der Waals surface area contributed by atoms with E-state index in [2.05, 4.69) is 5.32 Å². The predicted molar refractivity (Wildman–Crippen MR) is 73.8 cm³/mol. The average molecular weight is 268 g/mol. The molecular formula is C15H12N2O3. The Morgan fingerprint density at radius 2 is 2.05 bits per heavy atom. The van der Waals surface area contributed by atoms with E-state index in [1.54, 1.807) is 30.3 Å². The molecule has 0 aliphatic heterocycles. The van der Waals surface area contributed by atoms with Crippen molar-refractivity contribution in [2.75, 3.05) is 12.4 Å². The monoisotopic (exact) mass is 268 g/mol. The topological polar surface area (TPSA) is 82.3 Å². The Morgan fingerprint density at radius 3 is 2.70 bits per heavy atom. The lowest BCUT2D eigenvalue weighted by molar-refractivity contribution is 0.102.